The average molecular weight is 335 g/mol. The van der Waals surface area contributed by atoms with Crippen LogP contribution in [0, 0.1) is 5.82 Å². The number of nitrogens with zero attached hydrogens (tertiary/aromatic N) is 2. The van der Waals surface area contributed by atoms with Gasteiger partial charge >= 0.3 is 0 Å². The Balaban J connectivity index is 2.11. The third-order valence-corrected chi connectivity index (χ3v) is 4.31. The van der Waals surface area contributed by atoms with Crippen LogP contribution in [0.4, 0.5) is 15.8 Å². The molecule has 6 nitrogen and oxygen atoms in total. The molecule has 7 heteroatoms. The van der Waals surface area contributed by atoms with Gasteiger partial charge in [0.25, 0.3) is 0 Å². The zero-order valence-corrected chi connectivity index (χ0v) is 14.2. The molecule has 24 heavy (non-hydrogen) atoms. The number of halogens is 1. The lowest BCUT2D eigenvalue weighted by atomic mass is 9.98. The van der Waals surface area contributed by atoms with Gasteiger partial charge in [-0.2, -0.15) is 0 Å². The van der Waals surface area contributed by atoms with E-state index in [1.165, 1.54) is 0 Å². The van der Waals surface area contributed by atoms with Crippen molar-refractivity contribution in [2.75, 3.05) is 50.0 Å². The molecule has 2 aliphatic rings. The van der Waals surface area contributed by atoms with Gasteiger partial charge in [-0.25, -0.2) is 4.39 Å². The second-order valence-electron chi connectivity index (χ2n) is 6.52. The first kappa shape index (κ1) is 16.7. The van der Waals surface area contributed by atoms with E-state index < -0.39 is 17.4 Å². The second kappa shape index (κ2) is 6.39. The number of benzene rings is 1. The molecular weight excluding hydrogens is 313 g/mol. The molecule has 0 unspecified atom stereocenters. The number of Topliss-reactive ketones (excluding diaryl/α,β-unsaturated/α-hetero) is 2. The van der Waals surface area contributed by atoms with Crippen LogP contribution in [0.5, 0.6) is 5.75 Å². The van der Waals surface area contributed by atoms with Gasteiger partial charge in [-0.3, -0.25) is 9.59 Å². The van der Waals surface area contributed by atoms with Crippen molar-refractivity contribution in [3.05, 3.63) is 17.4 Å². The van der Waals surface area contributed by atoms with E-state index in [0.717, 1.165) is 19.2 Å². The maximum atomic E-state index is 14.8. The number of piperazine rings is 1. The molecule has 1 N–H and O–H groups in total. The number of ether oxygens (including phenoxy) is 1. The molecule has 0 aromatic heterocycles. The van der Waals surface area contributed by atoms with Gasteiger partial charge in [-0.15, -0.1) is 0 Å². The van der Waals surface area contributed by atoms with Crippen molar-refractivity contribution in [2.24, 2.45) is 0 Å². The van der Waals surface area contributed by atoms with E-state index in [1.807, 2.05) is 25.8 Å². The normalized spacial score (nSPS) is 18.6. The van der Waals surface area contributed by atoms with Crippen molar-refractivity contribution >= 4 is 22.9 Å². The molecule has 1 aromatic rings. The first-order valence-electron chi connectivity index (χ1n) is 8.16. The van der Waals surface area contributed by atoms with Crippen LogP contribution in [0.25, 0.3) is 0 Å². The highest BCUT2D eigenvalue weighted by atomic mass is 19.1. The Morgan fingerprint density at radius 1 is 1.21 bits per heavy atom. The minimum atomic E-state index is -0.666. The molecule has 130 valence electrons. The summed E-state index contributed by atoms with van der Waals surface area (Å²) >= 11 is 0. The van der Waals surface area contributed by atoms with Crippen LogP contribution >= 0.6 is 0 Å². The van der Waals surface area contributed by atoms with E-state index in [-0.39, 0.29) is 18.2 Å². The first-order chi connectivity index (χ1) is 11.4. The molecule has 2 heterocycles. The largest absolute Gasteiger partial charge is 0.487 e. The molecule has 0 spiro atoms. The van der Waals surface area contributed by atoms with Crippen molar-refractivity contribution in [3.63, 3.8) is 0 Å². The van der Waals surface area contributed by atoms with Gasteiger partial charge in [0.15, 0.2) is 11.6 Å². The van der Waals surface area contributed by atoms with Crippen LogP contribution in [0.2, 0.25) is 0 Å². The maximum Gasteiger partial charge on any atom is 0.232 e. The van der Waals surface area contributed by atoms with Gasteiger partial charge in [-0.05, 0) is 27.0 Å². The minimum Gasteiger partial charge on any atom is -0.487 e. The fourth-order valence-electron chi connectivity index (χ4n) is 3.05. The van der Waals surface area contributed by atoms with E-state index in [2.05, 4.69) is 10.2 Å². The van der Waals surface area contributed by atoms with Gasteiger partial charge in [0.05, 0.1) is 23.9 Å². The molecule has 0 bridgehead atoms. The van der Waals surface area contributed by atoms with Crippen molar-refractivity contribution in [2.45, 2.75) is 20.0 Å². The molecule has 0 radical (unpaired) electrons. The van der Waals surface area contributed by atoms with Crippen molar-refractivity contribution in [1.82, 2.24) is 4.90 Å². The molecule has 1 fully saturated rings. The van der Waals surface area contributed by atoms with E-state index in [0.29, 0.717) is 30.2 Å². The summed E-state index contributed by atoms with van der Waals surface area (Å²) in [6.45, 7) is 6.60. The first-order valence-corrected chi connectivity index (χ1v) is 8.16. The van der Waals surface area contributed by atoms with Crippen LogP contribution < -0.4 is 15.0 Å². The van der Waals surface area contributed by atoms with Crippen LogP contribution in [0.1, 0.15) is 24.2 Å². The van der Waals surface area contributed by atoms with Crippen molar-refractivity contribution < 1.29 is 18.7 Å². The Morgan fingerprint density at radius 2 is 1.88 bits per heavy atom. The second-order valence-corrected chi connectivity index (χ2v) is 6.52. The lowest BCUT2D eigenvalue weighted by Gasteiger charge is -2.36. The van der Waals surface area contributed by atoms with E-state index in [9.17, 15) is 14.0 Å². The number of ketones is 2. The number of anilines is 2. The van der Waals surface area contributed by atoms with E-state index in [1.54, 1.807) is 0 Å². The van der Waals surface area contributed by atoms with Crippen LogP contribution in [0.3, 0.4) is 0 Å². The van der Waals surface area contributed by atoms with Crippen molar-refractivity contribution in [3.8, 4) is 5.75 Å². The van der Waals surface area contributed by atoms with E-state index >= 15 is 0 Å². The molecule has 0 amide bonds. The Morgan fingerprint density at radius 3 is 2.50 bits per heavy atom. The summed E-state index contributed by atoms with van der Waals surface area (Å²) in [5, 5.41) is 2.93. The average Bonchev–Trinajstić information content (AvgIpc) is 2.52. The van der Waals surface area contributed by atoms with Gasteiger partial charge in [0, 0.05) is 26.2 Å². The summed E-state index contributed by atoms with van der Waals surface area (Å²) in [4.78, 5) is 27.9. The lowest BCUT2D eigenvalue weighted by Crippen LogP contribution is -2.45. The number of carbonyl (C=O) groups excluding carboxylic acids is 2. The number of carbonyl (C=O) groups is 2. The Bertz CT molecular complexity index is 682. The minimum absolute atomic E-state index is 0.0530. The molecular formula is C17H22FN3O3. The van der Waals surface area contributed by atoms with Crippen molar-refractivity contribution in [1.29, 1.82) is 0 Å². The monoisotopic (exact) mass is 335 g/mol. The highest BCUT2D eigenvalue weighted by Gasteiger charge is 2.33. The maximum absolute atomic E-state index is 14.8. The quantitative estimate of drug-likeness (QED) is 0.846. The fourth-order valence-corrected chi connectivity index (χ4v) is 3.05. The summed E-state index contributed by atoms with van der Waals surface area (Å²) in [5.41, 5.74) is 0.839. The summed E-state index contributed by atoms with van der Waals surface area (Å²) in [7, 11) is 2.03. The highest BCUT2D eigenvalue weighted by Crippen LogP contribution is 2.43. The number of likely N-dealkylation sites (N-methyl/N-ethyl adjacent to an activating group) is 1. The van der Waals surface area contributed by atoms with Crippen LogP contribution in [-0.4, -0.2) is 62.3 Å². The molecule has 0 aliphatic carbocycles. The van der Waals surface area contributed by atoms with Gasteiger partial charge in [0.2, 0.25) is 11.6 Å². The number of hydrogen-bond donors (Lipinski definition) is 1. The third-order valence-electron chi connectivity index (χ3n) is 4.31. The number of rotatable bonds is 3. The Labute approximate surface area is 140 Å². The number of nitrogens with one attached hydrogen (secondary N) is 1. The predicted octanol–water partition coefficient (Wildman–Crippen LogP) is 1.54. The van der Waals surface area contributed by atoms with Gasteiger partial charge in [0.1, 0.15) is 5.69 Å². The summed E-state index contributed by atoms with van der Waals surface area (Å²) in [5.74, 6) is -1.44. The third kappa shape index (κ3) is 2.96. The molecule has 1 aromatic carbocycles. The topological polar surface area (TPSA) is 61.9 Å². The summed E-state index contributed by atoms with van der Waals surface area (Å²) in [6, 6.07) is 1.16. The highest BCUT2D eigenvalue weighted by molar-refractivity contribution is 6.47. The Hall–Kier alpha value is -2.15. The number of fused-ring (bicyclic) bond motifs is 1. The SMILES string of the molecule is CC(C)Oc1c2c(cc(F)c1N1CCN(C)CC1)C(=O)C(=O)CN2. The van der Waals surface area contributed by atoms with Crippen LogP contribution in [0.15, 0.2) is 6.07 Å². The van der Waals surface area contributed by atoms with E-state index in [4.69, 9.17) is 4.74 Å². The summed E-state index contributed by atoms with van der Waals surface area (Å²) in [6.07, 6.45) is -0.184. The molecule has 0 atom stereocenters. The predicted molar refractivity (Wildman–Crippen MR) is 89.7 cm³/mol. The molecule has 0 saturated carbocycles. The molecule has 3 rings (SSSR count). The smallest absolute Gasteiger partial charge is 0.232 e. The fraction of sp³-hybridized carbons (Fsp3) is 0.529. The standard InChI is InChI=1S/C17H22FN3O3/c1-10(2)24-17-14-11(16(23)13(22)9-19-14)8-12(18)15(17)21-6-4-20(3)5-7-21/h8,10,19H,4-7,9H2,1-3H3. The van der Waals surface area contributed by atoms with Gasteiger partial charge in [-0.1, -0.05) is 0 Å². The Kier molecular flexibility index (Phi) is 4.45. The van der Waals surface area contributed by atoms with Crippen LogP contribution in [-0.2, 0) is 4.79 Å². The number of hydrogen-bond acceptors (Lipinski definition) is 6. The zero-order chi connectivity index (χ0) is 17.4. The lowest BCUT2D eigenvalue weighted by molar-refractivity contribution is -0.113. The van der Waals surface area contributed by atoms with Gasteiger partial charge < -0.3 is 19.9 Å². The summed E-state index contributed by atoms with van der Waals surface area (Å²) < 4.78 is 20.7. The molecule has 2 aliphatic heterocycles. The molecule has 1 saturated heterocycles. The zero-order valence-electron chi connectivity index (χ0n) is 14.2.